The molecule has 2 aliphatic heterocycles. The number of carbonyl (C=O) groups is 3. The maximum Gasteiger partial charge on any atom is 0.251 e. The van der Waals surface area contributed by atoms with Gasteiger partial charge in [0.05, 0.1) is 11.8 Å². The maximum atomic E-state index is 14.9. The van der Waals surface area contributed by atoms with Crippen LogP contribution in [0, 0.1) is 11.8 Å². The smallest absolute Gasteiger partial charge is 0.251 e. The molecule has 4 atom stereocenters. The van der Waals surface area contributed by atoms with Gasteiger partial charge in [0.15, 0.2) is 0 Å². The third-order valence-electron chi connectivity index (χ3n) is 9.51. The Morgan fingerprint density at radius 2 is 1.35 bits per heavy atom. The predicted molar refractivity (Wildman–Crippen MR) is 157 cm³/mol. The Hall–Kier alpha value is -3.73. The van der Waals surface area contributed by atoms with Crippen molar-refractivity contribution in [2.24, 2.45) is 11.8 Å². The van der Waals surface area contributed by atoms with Crippen LogP contribution in [0.25, 0.3) is 0 Å². The molecule has 5 nitrogen and oxygen atoms in total. The highest BCUT2D eigenvalue weighted by Gasteiger charge is 2.55. The van der Waals surface area contributed by atoms with E-state index >= 15 is 0 Å². The van der Waals surface area contributed by atoms with Gasteiger partial charge in [0, 0.05) is 23.1 Å². The van der Waals surface area contributed by atoms with Crippen LogP contribution in [0.2, 0.25) is 0 Å². The van der Waals surface area contributed by atoms with E-state index in [0.29, 0.717) is 12.8 Å². The zero-order chi connectivity index (χ0) is 28.1. The van der Waals surface area contributed by atoms with E-state index in [1.54, 1.807) is 0 Å². The van der Waals surface area contributed by atoms with Crippen LogP contribution in [-0.2, 0) is 26.2 Å². The summed E-state index contributed by atoms with van der Waals surface area (Å²) in [7, 11) is 0. The summed E-state index contributed by atoms with van der Waals surface area (Å²) in [5.41, 5.74) is 3.21. The first-order chi connectivity index (χ1) is 19.2. The number of nitrogens with zero attached hydrogens (tertiary/aromatic N) is 2. The molecule has 0 radical (unpaired) electrons. The molecule has 0 unspecified atom stereocenters. The molecular weight excluding hydrogens is 496 g/mol. The zero-order valence-corrected chi connectivity index (χ0v) is 23.7. The molecule has 3 aliphatic rings. The second kappa shape index (κ2) is 10.0. The van der Waals surface area contributed by atoms with Gasteiger partial charge in [-0.05, 0) is 55.9 Å². The number of rotatable bonds is 5. The quantitative estimate of drug-likeness (QED) is 0.361. The highest BCUT2D eigenvalue weighted by molar-refractivity contribution is 6.11. The average Bonchev–Trinajstić information content (AvgIpc) is 3.21. The lowest BCUT2D eigenvalue weighted by atomic mass is 9.65. The van der Waals surface area contributed by atoms with Crippen molar-refractivity contribution in [2.75, 3.05) is 4.90 Å². The molecule has 0 spiro atoms. The fourth-order valence-corrected chi connectivity index (χ4v) is 7.75. The minimum atomic E-state index is -0.888. The first-order valence-electron chi connectivity index (χ1n) is 14.6. The van der Waals surface area contributed by atoms with Crippen LogP contribution in [0.4, 0.5) is 5.69 Å². The summed E-state index contributed by atoms with van der Waals surface area (Å²) in [5.74, 6) is -1.11. The number of hydrogen-bond donors (Lipinski definition) is 0. The lowest BCUT2D eigenvalue weighted by molar-refractivity contribution is -0.147. The molecule has 40 heavy (non-hydrogen) atoms. The van der Waals surface area contributed by atoms with E-state index < -0.39 is 11.6 Å². The maximum absolute atomic E-state index is 14.9. The van der Waals surface area contributed by atoms with Crippen LogP contribution in [0.1, 0.15) is 69.6 Å². The Bertz CT molecular complexity index is 1410. The molecule has 0 bridgehead atoms. The van der Waals surface area contributed by atoms with Crippen molar-refractivity contribution in [3.05, 3.63) is 102 Å². The van der Waals surface area contributed by atoms with Crippen molar-refractivity contribution in [2.45, 2.75) is 76.3 Å². The number of fused-ring (bicyclic) bond motifs is 2. The third kappa shape index (κ3) is 4.27. The third-order valence-corrected chi connectivity index (χ3v) is 9.51. The summed E-state index contributed by atoms with van der Waals surface area (Å²) >= 11 is 0. The normalized spacial score (nSPS) is 26.3. The molecule has 3 aromatic carbocycles. The van der Waals surface area contributed by atoms with Gasteiger partial charge in [0.2, 0.25) is 11.8 Å². The summed E-state index contributed by atoms with van der Waals surface area (Å²) in [5, 5.41) is 0. The van der Waals surface area contributed by atoms with Crippen molar-refractivity contribution >= 4 is 23.4 Å². The van der Waals surface area contributed by atoms with Crippen molar-refractivity contribution in [3.63, 3.8) is 0 Å². The van der Waals surface area contributed by atoms with Gasteiger partial charge in [-0.3, -0.25) is 19.3 Å². The Morgan fingerprint density at radius 3 is 1.98 bits per heavy atom. The summed E-state index contributed by atoms with van der Waals surface area (Å²) in [6.07, 6.45) is 4.38. The SMILES string of the molecule is CC1(C)C[C@@](C)(c2ccccc2)c2ccccc2N1C(=O)[C@H](Cc1ccccc1)N1C(=O)[C@H]2CCCC[C@H]2C1=O. The number of amides is 3. The number of imide groups is 1. The number of anilines is 1. The lowest BCUT2D eigenvalue weighted by Gasteiger charge is -2.52. The molecule has 6 rings (SSSR count). The van der Waals surface area contributed by atoms with E-state index in [1.807, 2.05) is 59.5 Å². The van der Waals surface area contributed by atoms with E-state index in [1.165, 1.54) is 10.5 Å². The number of benzene rings is 3. The standard InChI is InChI=1S/C35H38N2O3/c1-34(2)23-35(3,25-16-8-5-9-17-25)28-20-12-13-21-29(28)37(34)33(40)30(22-24-14-6-4-7-15-24)36-31(38)26-18-10-11-19-27(26)32(36)39/h4-9,12-17,20-21,26-27,30H,10-11,18-19,22-23H2,1-3H3/t26-,27+,30-,35-/m0/s1. The molecule has 1 saturated carbocycles. The van der Waals surface area contributed by atoms with Crippen LogP contribution in [0.15, 0.2) is 84.9 Å². The van der Waals surface area contributed by atoms with Gasteiger partial charge >= 0.3 is 0 Å². The van der Waals surface area contributed by atoms with Gasteiger partial charge in [-0.15, -0.1) is 0 Å². The molecule has 2 heterocycles. The van der Waals surface area contributed by atoms with E-state index in [4.69, 9.17) is 0 Å². The first-order valence-corrected chi connectivity index (χ1v) is 14.6. The van der Waals surface area contributed by atoms with Gasteiger partial charge in [0.25, 0.3) is 5.91 Å². The van der Waals surface area contributed by atoms with Gasteiger partial charge in [-0.25, -0.2) is 0 Å². The molecule has 5 heteroatoms. The largest absolute Gasteiger partial charge is 0.305 e. The van der Waals surface area contributed by atoms with Gasteiger partial charge < -0.3 is 4.90 Å². The Kier molecular flexibility index (Phi) is 6.64. The number of carbonyl (C=O) groups excluding carboxylic acids is 3. The van der Waals surface area contributed by atoms with E-state index in [9.17, 15) is 14.4 Å². The van der Waals surface area contributed by atoms with Crippen LogP contribution in [-0.4, -0.2) is 34.2 Å². The van der Waals surface area contributed by atoms with Crippen molar-refractivity contribution < 1.29 is 14.4 Å². The highest BCUT2D eigenvalue weighted by atomic mass is 16.2. The summed E-state index contributed by atoms with van der Waals surface area (Å²) in [6, 6.07) is 27.5. The van der Waals surface area contributed by atoms with Crippen molar-refractivity contribution in [1.82, 2.24) is 4.90 Å². The minimum absolute atomic E-state index is 0.166. The van der Waals surface area contributed by atoms with Gasteiger partial charge in [0.1, 0.15) is 6.04 Å². The van der Waals surface area contributed by atoms with Crippen molar-refractivity contribution in [3.8, 4) is 0 Å². The first kappa shape index (κ1) is 26.5. The number of likely N-dealkylation sites (tertiary alicyclic amines) is 1. The molecule has 1 saturated heterocycles. The van der Waals surface area contributed by atoms with Crippen LogP contribution >= 0.6 is 0 Å². The van der Waals surface area contributed by atoms with Gasteiger partial charge in [-0.1, -0.05) is 98.6 Å². The van der Waals surface area contributed by atoms with E-state index in [2.05, 4.69) is 51.1 Å². The van der Waals surface area contributed by atoms with Crippen molar-refractivity contribution in [1.29, 1.82) is 0 Å². The number of hydrogen-bond acceptors (Lipinski definition) is 3. The molecule has 0 aromatic heterocycles. The molecule has 0 N–H and O–H groups in total. The Labute approximate surface area is 237 Å². The highest BCUT2D eigenvalue weighted by Crippen LogP contribution is 2.51. The monoisotopic (exact) mass is 534 g/mol. The van der Waals surface area contributed by atoms with E-state index in [0.717, 1.165) is 42.5 Å². The van der Waals surface area contributed by atoms with Gasteiger partial charge in [-0.2, -0.15) is 0 Å². The fraction of sp³-hybridized carbons (Fsp3) is 0.400. The van der Waals surface area contributed by atoms with E-state index in [-0.39, 0.29) is 35.0 Å². The molecule has 2 fully saturated rings. The molecule has 1 aliphatic carbocycles. The summed E-state index contributed by atoms with van der Waals surface area (Å²) in [6.45, 7) is 6.47. The molecule has 3 aromatic rings. The minimum Gasteiger partial charge on any atom is -0.305 e. The summed E-state index contributed by atoms with van der Waals surface area (Å²) in [4.78, 5) is 45.7. The fourth-order valence-electron chi connectivity index (χ4n) is 7.75. The van der Waals surface area contributed by atoms with Crippen LogP contribution in [0.3, 0.4) is 0 Å². The molecule has 206 valence electrons. The van der Waals surface area contributed by atoms with Crippen LogP contribution < -0.4 is 4.90 Å². The second-order valence-electron chi connectivity index (χ2n) is 12.6. The average molecular weight is 535 g/mol. The molecular formula is C35H38N2O3. The van der Waals surface area contributed by atoms with Crippen LogP contribution in [0.5, 0.6) is 0 Å². The second-order valence-corrected chi connectivity index (χ2v) is 12.6. The Morgan fingerprint density at radius 1 is 0.800 bits per heavy atom. The number of para-hydroxylation sites is 1. The molecule has 3 amide bonds. The summed E-state index contributed by atoms with van der Waals surface area (Å²) < 4.78 is 0. The zero-order valence-electron chi connectivity index (χ0n) is 23.7. The Balaban J connectivity index is 1.46. The predicted octanol–water partition coefficient (Wildman–Crippen LogP) is 6.29. The lowest BCUT2D eigenvalue weighted by Crippen LogP contribution is -2.61. The topological polar surface area (TPSA) is 57.7 Å².